The molecule has 0 N–H and O–H groups in total. The zero-order valence-corrected chi connectivity index (χ0v) is 11.5. The van der Waals surface area contributed by atoms with E-state index < -0.39 is 0 Å². The van der Waals surface area contributed by atoms with Crippen molar-refractivity contribution in [3.8, 4) is 0 Å². The summed E-state index contributed by atoms with van der Waals surface area (Å²) in [6.45, 7) is 1.74. The number of hydrogen-bond acceptors (Lipinski definition) is 0. The lowest BCUT2D eigenvalue weighted by Gasteiger charge is -2.12. The Morgan fingerprint density at radius 3 is 2.61 bits per heavy atom. The van der Waals surface area contributed by atoms with E-state index in [2.05, 4.69) is 0 Å². The van der Waals surface area contributed by atoms with Crippen LogP contribution in [-0.2, 0) is 6.42 Å². The first-order valence-corrected chi connectivity index (χ1v) is 6.53. The summed E-state index contributed by atoms with van der Waals surface area (Å²) in [4.78, 5) is 0. The van der Waals surface area contributed by atoms with Gasteiger partial charge in [0, 0.05) is 10.6 Å². The van der Waals surface area contributed by atoms with E-state index in [1.807, 2.05) is 30.3 Å². The number of hydrogen-bond donors (Lipinski definition) is 0. The second kappa shape index (κ2) is 5.73. The average Bonchev–Trinajstić information content (AvgIpc) is 2.32. The van der Waals surface area contributed by atoms with Crippen LogP contribution in [0.5, 0.6) is 0 Å². The van der Waals surface area contributed by atoms with Crippen molar-refractivity contribution in [2.75, 3.05) is 0 Å². The number of rotatable bonds is 3. The minimum atomic E-state index is -0.386. The number of alkyl halides is 1. The lowest BCUT2D eigenvalue weighted by atomic mass is 10.0. The molecule has 0 saturated heterocycles. The third kappa shape index (κ3) is 3.04. The molecule has 1 unspecified atom stereocenters. The van der Waals surface area contributed by atoms with Crippen LogP contribution in [0.1, 0.15) is 22.1 Å². The molecule has 0 aliphatic rings. The Hall–Kier alpha value is -1.05. The smallest absolute Gasteiger partial charge is 0.130 e. The summed E-state index contributed by atoms with van der Waals surface area (Å²) in [6.07, 6.45) is 0.558. The highest BCUT2D eigenvalue weighted by Crippen LogP contribution is 2.29. The molecular weight excluding hydrogens is 270 g/mol. The lowest BCUT2D eigenvalue weighted by Crippen LogP contribution is -2.00. The number of benzene rings is 2. The number of halogens is 3. The van der Waals surface area contributed by atoms with Crippen LogP contribution in [0.25, 0.3) is 0 Å². The first-order valence-electron chi connectivity index (χ1n) is 5.71. The molecule has 2 aromatic carbocycles. The molecular formula is C15H13Cl2F. The molecule has 94 valence electrons. The Bertz CT molecular complexity index is 552. The molecule has 0 aromatic heterocycles. The van der Waals surface area contributed by atoms with Gasteiger partial charge in [-0.15, -0.1) is 11.6 Å². The molecule has 1 atom stereocenters. The maximum absolute atomic E-state index is 13.9. The van der Waals surface area contributed by atoms with Crippen molar-refractivity contribution in [2.45, 2.75) is 18.7 Å². The Morgan fingerprint density at radius 2 is 1.89 bits per heavy atom. The van der Waals surface area contributed by atoms with Gasteiger partial charge in [-0.3, -0.25) is 0 Å². The van der Waals surface area contributed by atoms with E-state index in [1.54, 1.807) is 19.1 Å². The fourth-order valence-corrected chi connectivity index (χ4v) is 2.45. The topological polar surface area (TPSA) is 0 Å². The van der Waals surface area contributed by atoms with Gasteiger partial charge < -0.3 is 0 Å². The van der Waals surface area contributed by atoms with E-state index in [0.717, 1.165) is 5.56 Å². The van der Waals surface area contributed by atoms with E-state index in [4.69, 9.17) is 23.2 Å². The van der Waals surface area contributed by atoms with Crippen LogP contribution in [0, 0.1) is 12.7 Å². The predicted molar refractivity (Wildman–Crippen MR) is 74.9 cm³/mol. The Labute approximate surface area is 116 Å². The Balaban J connectivity index is 2.22. The molecule has 2 rings (SSSR count). The zero-order chi connectivity index (χ0) is 13.1. The highest BCUT2D eigenvalue weighted by atomic mass is 35.5. The maximum Gasteiger partial charge on any atom is 0.130 e. The summed E-state index contributed by atoms with van der Waals surface area (Å²) < 4.78 is 13.9. The molecule has 0 saturated carbocycles. The standard InChI is InChI=1S/C15H13Cl2F/c1-10-4-2-7-13(15(10)18)14(17)9-11-5-3-6-12(16)8-11/h2-8,14H,9H2,1H3. The van der Waals surface area contributed by atoms with Crippen LogP contribution in [0.3, 0.4) is 0 Å². The van der Waals surface area contributed by atoms with Gasteiger partial charge in [0.2, 0.25) is 0 Å². The van der Waals surface area contributed by atoms with Crippen molar-refractivity contribution in [2.24, 2.45) is 0 Å². The number of aryl methyl sites for hydroxylation is 1. The summed E-state index contributed by atoms with van der Waals surface area (Å²) in [5, 5.41) is 0.282. The fourth-order valence-electron chi connectivity index (χ4n) is 1.89. The third-order valence-corrected chi connectivity index (χ3v) is 3.49. The van der Waals surface area contributed by atoms with Gasteiger partial charge in [-0.2, -0.15) is 0 Å². The maximum atomic E-state index is 13.9. The van der Waals surface area contributed by atoms with E-state index >= 15 is 0 Å². The van der Waals surface area contributed by atoms with E-state index in [1.165, 1.54) is 0 Å². The minimum absolute atomic E-state index is 0.223. The van der Waals surface area contributed by atoms with E-state index in [0.29, 0.717) is 22.6 Å². The second-order valence-electron chi connectivity index (χ2n) is 4.28. The van der Waals surface area contributed by atoms with Crippen LogP contribution in [0.2, 0.25) is 5.02 Å². The summed E-state index contributed by atoms with van der Waals surface area (Å²) in [5.74, 6) is -0.223. The first-order chi connectivity index (χ1) is 8.58. The van der Waals surface area contributed by atoms with Gasteiger partial charge in [0.05, 0.1) is 5.38 Å². The monoisotopic (exact) mass is 282 g/mol. The fraction of sp³-hybridized carbons (Fsp3) is 0.200. The van der Waals surface area contributed by atoms with Crippen molar-refractivity contribution in [3.05, 3.63) is 70.0 Å². The quantitative estimate of drug-likeness (QED) is 0.669. The van der Waals surface area contributed by atoms with Crippen molar-refractivity contribution < 1.29 is 4.39 Å². The molecule has 0 spiro atoms. The summed E-state index contributed by atoms with van der Waals surface area (Å²) in [5.41, 5.74) is 2.16. The van der Waals surface area contributed by atoms with Gasteiger partial charge in [0.25, 0.3) is 0 Å². The molecule has 2 aromatic rings. The van der Waals surface area contributed by atoms with Crippen molar-refractivity contribution in [1.29, 1.82) is 0 Å². The highest BCUT2D eigenvalue weighted by Gasteiger charge is 2.14. The van der Waals surface area contributed by atoms with Crippen molar-refractivity contribution >= 4 is 23.2 Å². The van der Waals surface area contributed by atoms with Gasteiger partial charge in [0.15, 0.2) is 0 Å². The molecule has 0 aliphatic heterocycles. The van der Waals surface area contributed by atoms with E-state index in [9.17, 15) is 4.39 Å². The second-order valence-corrected chi connectivity index (χ2v) is 5.24. The predicted octanol–water partition coefficient (Wildman–Crippen LogP) is 5.31. The molecule has 0 nitrogen and oxygen atoms in total. The molecule has 0 bridgehead atoms. The molecule has 0 fully saturated rings. The Kier molecular flexibility index (Phi) is 4.26. The van der Waals surface area contributed by atoms with Crippen molar-refractivity contribution in [3.63, 3.8) is 0 Å². The first kappa shape index (κ1) is 13.4. The average molecular weight is 283 g/mol. The Morgan fingerprint density at radius 1 is 1.17 bits per heavy atom. The molecule has 0 aliphatic carbocycles. The zero-order valence-electron chi connectivity index (χ0n) is 9.96. The van der Waals surface area contributed by atoms with Crippen LogP contribution < -0.4 is 0 Å². The normalized spacial score (nSPS) is 12.4. The van der Waals surface area contributed by atoms with Crippen molar-refractivity contribution in [1.82, 2.24) is 0 Å². The summed E-state index contributed by atoms with van der Waals surface area (Å²) in [6, 6.07) is 12.8. The molecule has 0 radical (unpaired) electrons. The van der Waals surface area contributed by atoms with Crippen LogP contribution in [0.4, 0.5) is 4.39 Å². The minimum Gasteiger partial charge on any atom is -0.206 e. The third-order valence-electron chi connectivity index (χ3n) is 2.86. The van der Waals surface area contributed by atoms with Crippen LogP contribution >= 0.6 is 23.2 Å². The van der Waals surface area contributed by atoms with E-state index in [-0.39, 0.29) is 11.2 Å². The van der Waals surface area contributed by atoms with Gasteiger partial charge in [0.1, 0.15) is 5.82 Å². The summed E-state index contributed by atoms with van der Waals surface area (Å²) in [7, 11) is 0. The molecule has 0 heterocycles. The van der Waals surface area contributed by atoms with Crippen LogP contribution in [0.15, 0.2) is 42.5 Å². The highest BCUT2D eigenvalue weighted by molar-refractivity contribution is 6.30. The molecule has 3 heteroatoms. The lowest BCUT2D eigenvalue weighted by molar-refractivity contribution is 0.597. The largest absolute Gasteiger partial charge is 0.206 e. The van der Waals surface area contributed by atoms with Gasteiger partial charge in [-0.05, 0) is 36.6 Å². The summed E-state index contributed by atoms with van der Waals surface area (Å²) >= 11 is 12.2. The molecule has 18 heavy (non-hydrogen) atoms. The van der Waals surface area contributed by atoms with Gasteiger partial charge in [-0.25, -0.2) is 4.39 Å². The van der Waals surface area contributed by atoms with Crippen LogP contribution in [-0.4, -0.2) is 0 Å². The van der Waals surface area contributed by atoms with Gasteiger partial charge in [-0.1, -0.05) is 41.9 Å². The molecule has 0 amide bonds. The van der Waals surface area contributed by atoms with Gasteiger partial charge >= 0.3 is 0 Å². The SMILES string of the molecule is Cc1cccc(C(Cl)Cc2cccc(Cl)c2)c1F.